The number of hydrogen-bond donors (Lipinski definition) is 3. The first-order chi connectivity index (χ1) is 11.7. The maximum Gasteiger partial charge on any atom is 0.320 e. The van der Waals surface area contributed by atoms with E-state index in [1.54, 1.807) is 4.90 Å². The van der Waals surface area contributed by atoms with Crippen molar-refractivity contribution in [2.45, 2.75) is 57.4 Å². The Bertz CT molecular complexity index is 630. The Morgan fingerprint density at radius 1 is 1.08 bits per heavy atom. The Balaban J connectivity index is 1.35. The van der Waals surface area contributed by atoms with Crippen LogP contribution >= 0.6 is 0 Å². The predicted octanol–water partition coefficient (Wildman–Crippen LogP) is 1.88. The number of hydrogen-bond acceptors (Lipinski definition) is 4. The van der Waals surface area contributed by atoms with Crippen LogP contribution in [0.1, 0.15) is 61.9 Å². The van der Waals surface area contributed by atoms with Crippen LogP contribution < -0.4 is 10.6 Å². The Morgan fingerprint density at radius 3 is 2.58 bits per heavy atom. The molecular weight excluding hydrogens is 308 g/mol. The number of nitrogens with one attached hydrogen (secondary N) is 3. The number of anilines is 1. The number of carbonyl (C=O) groups excluding carboxylic acids is 2. The molecule has 3 amide bonds. The summed E-state index contributed by atoms with van der Waals surface area (Å²) in [6.07, 6.45) is 9.34. The van der Waals surface area contributed by atoms with E-state index in [4.69, 9.17) is 0 Å². The van der Waals surface area contributed by atoms with Crippen LogP contribution in [0.15, 0.2) is 0 Å². The summed E-state index contributed by atoms with van der Waals surface area (Å²) in [7, 11) is 0. The van der Waals surface area contributed by atoms with Crippen molar-refractivity contribution >= 4 is 17.8 Å². The standard InChI is InChI=1S/C16H24N6O2/c23-14(22-8-4-5-9-22)12-13(20-21-19-12)18-15(24)17-11-10-16(11)6-2-1-3-7-16/h11H,1-10H2,(H3,17,18,19,20,21,24)/t11-/m0/s1. The van der Waals surface area contributed by atoms with E-state index in [-0.39, 0.29) is 29.5 Å². The topological polar surface area (TPSA) is 103 Å². The van der Waals surface area contributed by atoms with Gasteiger partial charge in [0, 0.05) is 19.1 Å². The highest BCUT2D eigenvalue weighted by Crippen LogP contribution is 2.56. The van der Waals surface area contributed by atoms with E-state index < -0.39 is 0 Å². The third-order valence-corrected chi connectivity index (χ3v) is 5.72. The Hall–Kier alpha value is -2.12. The number of likely N-dealkylation sites (tertiary alicyclic amines) is 1. The van der Waals surface area contributed by atoms with E-state index >= 15 is 0 Å². The molecule has 8 nitrogen and oxygen atoms in total. The fraction of sp³-hybridized carbons (Fsp3) is 0.750. The number of nitrogens with zero attached hydrogens (tertiary/aromatic N) is 3. The molecule has 0 aromatic carbocycles. The molecule has 0 radical (unpaired) electrons. The van der Waals surface area contributed by atoms with Gasteiger partial charge in [0.25, 0.3) is 5.91 Å². The van der Waals surface area contributed by atoms with Gasteiger partial charge in [-0.2, -0.15) is 5.21 Å². The van der Waals surface area contributed by atoms with E-state index in [1.165, 1.54) is 32.1 Å². The summed E-state index contributed by atoms with van der Waals surface area (Å²) in [5, 5.41) is 16.0. The second-order valence-electron chi connectivity index (χ2n) is 7.30. The summed E-state index contributed by atoms with van der Waals surface area (Å²) in [5.74, 6) is 0.0365. The molecule has 0 bridgehead atoms. The second-order valence-corrected chi connectivity index (χ2v) is 7.30. The summed E-state index contributed by atoms with van der Waals surface area (Å²) < 4.78 is 0. The van der Waals surface area contributed by atoms with Crippen molar-refractivity contribution in [2.75, 3.05) is 18.4 Å². The molecule has 2 aliphatic carbocycles. The smallest absolute Gasteiger partial charge is 0.320 e. The van der Waals surface area contributed by atoms with Gasteiger partial charge in [0.15, 0.2) is 11.5 Å². The van der Waals surface area contributed by atoms with Gasteiger partial charge < -0.3 is 10.2 Å². The van der Waals surface area contributed by atoms with Crippen molar-refractivity contribution in [3.8, 4) is 0 Å². The molecule has 1 atom stereocenters. The molecule has 1 saturated heterocycles. The average molecular weight is 332 g/mol. The molecule has 4 rings (SSSR count). The monoisotopic (exact) mass is 332 g/mol. The normalized spacial score (nSPS) is 24.8. The SMILES string of the molecule is O=C(Nc1n[nH]nc1C(=O)N1CCCC1)N[C@H]1CC12CCCCC2. The van der Waals surface area contributed by atoms with E-state index in [2.05, 4.69) is 26.0 Å². The van der Waals surface area contributed by atoms with Crippen LogP contribution in [0.5, 0.6) is 0 Å². The lowest BCUT2D eigenvalue weighted by atomic mass is 9.86. The lowest BCUT2D eigenvalue weighted by Crippen LogP contribution is -2.35. The average Bonchev–Trinajstić information content (AvgIpc) is 3.03. The first-order valence-electron chi connectivity index (χ1n) is 8.95. The summed E-state index contributed by atoms with van der Waals surface area (Å²) in [6.45, 7) is 1.48. The van der Waals surface area contributed by atoms with Gasteiger partial charge in [0.1, 0.15) is 0 Å². The quantitative estimate of drug-likeness (QED) is 0.786. The summed E-state index contributed by atoms with van der Waals surface area (Å²) >= 11 is 0. The van der Waals surface area contributed by atoms with E-state index in [0.29, 0.717) is 5.41 Å². The molecule has 1 aromatic rings. The molecule has 1 aromatic heterocycles. The molecule has 1 spiro atoms. The van der Waals surface area contributed by atoms with Crippen LogP contribution in [0, 0.1) is 5.41 Å². The van der Waals surface area contributed by atoms with Crippen LogP contribution in [-0.4, -0.2) is 51.4 Å². The van der Waals surface area contributed by atoms with Crippen molar-refractivity contribution in [2.24, 2.45) is 5.41 Å². The van der Waals surface area contributed by atoms with Crippen molar-refractivity contribution in [1.29, 1.82) is 0 Å². The maximum atomic E-state index is 12.4. The fourth-order valence-electron chi connectivity index (χ4n) is 4.20. The van der Waals surface area contributed by atoms with E-state index in [9.17, 15) is 9.59 Å². The van der Waals surface area contributed by atoms with Crippen molar-refractivity contribution in [1.82, 2.24) is 25.6 Å². The molecule has 2 heterocycles. The van der Waals surface area contributed by atoms with Crippen LogP contribution in [0.3, 0.4) is 0 Å². The lowest BCUT2D eigenvalue weighted by molar-refractivity contribution is 0.0788. The van der Waals surface area contributed by atoms with E-state index in [1.807, 2.05) is 0 Å². The first kappa shape index (κ1) is 15.4. The van der Waals surface area contributed by atoms with Gasteiger partial charge in [-0.1, -0.05) is 19.3 Å². The molecule has 2 saturated carbocycles. The zero-order valence-corrected chi connectivity index (χ0v) is 13.8. The fourth-order valence-corrected chi connectivity index (χ4v) is 4.20. The van der Waals surface area contributed by atoms with Crippen molar-refractivity contribution < 1.29 is 9.59 Å². The minimum atomic E-state index is -0.299. The third-order valence-electron chi connectivity index (χ3n) is 5.72. The molecule has 3 N–H and O–H groups in total. The number of urea groups is 1. The van der Waals surface area contributed by atoms with Crippen molar-refractivity contribution in [3.63, 3.8) is 0 Å². The minimum absolute atomic E-state index is 0.174. The largest absolute Gasteiger partial charge is 0.337 e. The maximum absolute atomic E-state index is 12.4. The second kappa shape index (κ2) is 6.07. The highest BCUT2D eigenvalue weighted by atomic mass is 16.2. The number of rotatable bonds is 3. The molecule has 0 unspecified atom stereocenters. The zero-order valence-electron chi connectivity index (χ0n) is 13.8. The molecule has 8 heteroatoms. The Labute approximate surface area is 140 Å². The van der Waals surface area contributed by atoms with Gasteiger partial charge in [-0.3, -0.25) is 10.1 Å². The van der Waals surface area contributed by atoms with Gasteiger partial charge in [0.2, 0.25) is 0 Å². The number of amides is 3. The van der Waals surface area contributed by atoms with Gasteiger partial charge in [-0.15, -0.1) is 10.2 Å². The Kier molecular flexibility index (Phi) is 3.90. The number of H-pyrrole nitrogens is 1. The van der Waals surface area contributed by atoms with Crippen molar-refractivity contribution in [3.05, 3.63) is 5.69 Å². The molecule has 3 aliphatic rings. The lowest BCUT2D eigenvalue weighted by Gasteiger charge is -2.22. The molecule has 24 heavy (non-hydrogen) atoms. The molecule has 1 aliphatic heterocycles. The molecule has 3 fully saturated rings. The number of carbonyl (C=O) groups is 2. The van der Waals surface area contributed by atoms with Crippen LogP contribution in [-0.2, 0) is 0 Å². The highest BCUT2D eigenvalue weighted by Gasteiger charge is 2.54. The number of aromatic nitrogens is 3. The van der Waals surface area contributed by atoms with Crippen LogP contribution in [0.25, 0.3) is 0 Å². The molecule has 130 valence electrons. The molecular formula is C16H24N6O2. The summed E-state index contributed by atoms with van der Waals surface area (Å²) in [6, 6.07) is -0.0470. The van der Waals surface area contributed by atoms with Gasteiger partial charge in [-0.25, -0.2) is 4.79 Å². The number of aromatic amines is 1. The van der Waals surface area contributed by atoms with Gasteiger partial charge >= 0.3 is 6.03 Å². The third kappa shape index (κ3) is 2.85. The Morgan fingerprint density at radius 2 is 1.83 bits per heavy atom. The summed E-state index contributed by atoms with van der Waals surface area (Å²) in [4.78, 5) is 26.4. The summed E-state index contributed by atoms with van der Waals surface area (Å²) in [5.41, 5.74) is 0.517. The van der Waals surface area contributed by atoms with Crippen LogP contribution in [0.2, 0.25) is 0 Å². The van der Waals surface area contributed by atoms with E-state index in [0.717, 1.165) is 32.4 Å². The predicted molar refractivity (Wildman–Crippen MR) is 87.6 cm³/mol. The van der Waals surface area contributed by atoms with Gasteiger partial charge in [-0.05, 0) is 37.5 Å². The zero-order chi connectivity index (χ0) is 16.6. The minimum Gasteiger partial charge on any atom is -0.337 e. The first-order valence-corrected chi connectivity index (χ1v) is 8.95. The highest BCUT2D eigenvalue weighted by molar-refractivity contribution is 6.00. The van der Waals surface area contributed by atoms with Gasteiger partial charge in [0.05, 0.1) is 0 Å². The van der Waals surface area contributed by atoms with Crippen LogP contribution in [0.4, 0.5) is 10.6 Å².